The molecule has 1 heterocycles. The van der Waals surface area contributed by atoms with Gasteiger partial charge in [0.1, 0.15) is 19.0 Å². The molecule has 0 aliphatic rings. The standard InChI is InChI=1S/C21H25FN4O2/c1-3-24-21(27)25-15-7-5-14(6-8-15)20-19(23)17-10-9-16(28-12-11-22)13-18(17)26(20)4-2/h5-10,13H,3-4,11-12,23H2,1-2H3,(H2,24,25,27). The van der Waals surface area contributed by atoms with Crippen LogP contribution in [-0.2, 0) is 6.54 Å². The Morgan fingerprint density at radius 1 is 1.18 bits per heavy atom. The van der Waals surface area contributed by atoms with Gasteiger partial charge in [-0.15, -0.1) is 0 Å². The molecule has 0 aliphatic carbocycles. The van der Waals surface area contributed by atoms with Crippen LogP contribution >= 0.6 is 0 Å². The van der Waals surface area contributed by atoms with Gasteiger partial charge in [-0.3, -0.25) is 0 Å². The third kappa shape index (κ3) is 3.88. The molecule has 3 rings (SSSR count). The van der Waals surface area contributed by atoms with Crippen molar-refractivity contribution in [2.75, 3.05) is 30.9 Å². The lowest BCUT2D eigenvalue weighted by Gasteiger charge is -2.11. The summed E-state index contributed by atoms with van der Waals surface area (Å²) in [6.45, 7) is 4.69. The average molecular weight is 384 g/mol. The van der Waals surface area contributed by atoms with Crippen LogP contribution in [0, 0.1) is 0 Å². The Morgan fingerprint density at radius 3 is 2.57 bits per heavy atom. The number of urea groups is 1. The predicted octanol–water partition coefficient (Wildman–Crippen LogP) is 4.40. The van der Waals surface area contributed by atoms with Gasteiger partial charge in [0.2, 0.25) is 0 Å². The Labute approximate surface area is 163 Å². The van der Waals surface area contributed by atoms with Crippen LogP contribution in [0.3, 0.4) is 0 Å². The first-order valence-electron chi connectivity index (χ1n) is 9.34. The van der Waals surface area contributed by atoms with Gasteiger partial charge in [0, 0.05) is 35.8 Å². The number of hydrogen-bond acceptors (Lipinski definition) is 3. The van der Waals surface area contributed by atoms with Crippen molar-refractivity contribution in [3.05, 3.63) is 42.5 Å². The Hall–Kier alpha value is -3.22. The molecule has 2 amide bonds. The minimum absolute atomic E-state index is 0.0285. The van der Waals surface area contributed by atoms with Crippen molar-refractivity contribution in [3.8, 4) is 17.0 Å². The number of nitrogens with one attached hydrogen (secondary N) is 2. The van der Waals surface area contributed by atoms with Gasteiger partial charge in [-0.25, -0.2) is 9.18 Å². The summed E-state index contributed by atoms with van der Waals surface area (Å²) in [4.78, 5) is 11.7. The number of aromatic nitrogens is 1. The molecular weight excluding hydrogens is 359 g/mol. The van der Waals surface area contributed by atoms with E-state index in [2.05, 4.69) is 15.2 Å². The second-order valence-electron chi connectivity index (χ2n) is 6.28. The number of alkyl halides is 1. The maximum Gasteiger partial charge on any atom is 0.319 e. The van der Waals surface area contributed by atoms with E-state index in [1.54, 1.807) is 6.07 Å². The van der Waals surface area contributed by atoms with E-state index in [1.165, 1.54) is 0 Å². The molecule has 0 fully saturated rings. The Kier molecular flexibility index (Phi) is 6.03. The lowest BCUT2D eigenvalue weighted by atomic mass is 10.1. The minimum atomic E-state index is -0.531. The molecule has 2 aromatic carbocycles. The molecule has 0 aliphatic heterocycles. The van der Waals surface area contributed by atoms with E-state index in [4.69, 9.17) is 10.5 Å². The number of aryl methyl sites for hydroxylation is 1. The smallest absolute Gasteiger partial charge is 0.319 e. The lowest BCUT2D eigenvalue weighted by molar-refractivity contribution is 0.252. The molecule has 0 unspecified atom stereocenters. The molecular formula is C21H25FN4O2. The Balaban J connectivity index is 1.97. The van der Waals surface area contributed by atoms with Crippen LogP contribution in [0.25, 0.3) is 22.2 Å². The number of amides is 2. The number of fused-ring (bicyclic) bond motifs is 1. The third-order valence-electron chi connectivity index (χ3n) is 4.49. The van der Waals surface area contributed by atoms with Crippen LogP contribution in [-0.4, -0.2) is 30.4 Å². The maximum absolute atomic E-state index is 12.4. The van der Waals surface area contributed by atoms with Crippen molar-refractivity contribution < 1.29 is 13.9 Å². The first-order chi connectivity index (χ1) is 13.6. The molecule has 7 heteroatoms. The molecule has 4 N–H and O–H groups in total. The van der Waals surface area contributed by atoms with Gasteiger partial charge >= 0.3 is 6.03 Å². The van der Waals surface area contributed by atoms with Crippen molar-refractivity contribution in [1.82, 2.24) is 9.88 Å². The molecule has 0 spiro atoms. The summed E-state index contributed by atoms with van der Waals surface area (Å²) in [5.41, 5.74) is 10.6. The van der Waals surface area contributed by atoms with Crippen molar-refractivity contribution in [2.45, 2.75) is 20.4 Å². The summed E-state index contributed by atoms with van der Waals surface area (Å²) in [6.07, 6.45) is 0. The second kappa shape index (κ2) is 8.65. The number of carbonyl (C=O) groups excluding carboxylic acids is 1. The largest absolute Gasteiger partial charge is 0.491 e. The highest BCUT2D eigenvalue weighted by atomic mass is 19.1. The first-order valence-corrected chi connectivity index (χ1v) is 9.34. The average Bonchev–Trinajstić information content (AvgIpc) is 2.98. The summed E-state index contributed by atoms with van der Waals surface area (Å²) in [6, 6.07) is 12.9. The van der Waals surface area contributed by atoms with E-state index in [9.17, 15) is 9.18 Å². The highest BCUT2D eigenvalue weighted by molar-refractivity contribution is 6.01. The quantitative estimate of drug-likeness (QED) is 0.565. The van der Waals surface area contributed by atoms with Crippen LogP contribution in [0.2, 0.25) is 0 Å². The number of halogens is 1. The Morgan fingerprint density at radius 2 is 1.93 bits per heavy atom. The Bertz CT molecular complexity index is 967. The summed E-state index contributed by atoms with van der Waals surface area (Å²) in [5.74, 6) is 0.616. The fourth-order valence-electron chi connectivity index (χ4n) is 3.29. The van der Waals surface area contributed by atoms with Crippen LogP contribution in [0.1, 0.15) is 13.8 Å². The molecule has 0 bridgehead atoms. The van der Waals surface area contributed by atoms with Crippen LogP contribution in [0.4, 0.5) is 20.6 Å². The number of benzene rings is 2. The molecule has 0 radical (unpaired) electrons. The fourth-order valence-corrected chi connectivity index (χ4v) is 3.29. The number of carbonyl (C=O) groups is 1. The van der Waals surface area contributed by atoms with Crippen LogP contribution in [0.5, 0.6) is 5.75 Å². The molecule has 0 saturated heterocycles. The number of anilines is 2. The zero-order chi connectivity index (χ0) is 20.1. The number of nitrogen functional groups attached to an aromatic ring is 1. The molecule has 0 atom stereocenters. The normalized spacial score (nSPS) is 10.8. The van der Waals surface area contributed by atoms with Crippen molar-refractivity contribution in [3.63, 3.8) is 0 Å². The number of nitrogens with two attached hydrogens (primary N) is 1. The SMILES string of the molecule is CCNC(=O)Nc1ccc(-c2c(N)c3ccc(OCCF)cc3n2CC)cc1. The van der Waals surface area contributed by atoms with Gasteiger partial charge < -0.3 is 25.7 Å². The van der Waals surface area contributed by atoms with Crippen LogP contribution in [0.15, 0.2) is 42.5 Å². The van der Waals surface area contributed by atoms with Crippen LogP contribution < -0.4 is 21.1 Å². The summed E-state index contributed by atoms with van der Waals surface area (Å²) in [7, 11) is 0. The highest BCUT2D eigenvalue weighted by Gasteiger charge is 2.16. The number of rotatable bonds is 7. The zero-order valence-electron chi connectivity index (χ0n) is 16.1. The lowest BCUT2D eigenvalue weighted by Crippen LogP contribution is -2.28. The maximum atomic E-state index is 12.4. The zero-order valence-corrected chi connectivity index (χ0v) is 16.1. The number of nitrogens with zero attached hydrogens (tertiary/aromatic N) is 1. The molecule has 3 aromatic rings. The van der Waals surface area contributed by atoms with Gasteiger partial charge in [-0.05, 0) is 38.1 Å². The van der Waals surface area contributed by atoms with Gasteiger partial charge in [0.15, 0.2) is 0 Å². The predicted molar refractivity (Wildman–Crippen MR) is 112 cm³/mol. The van der Waals surface area contributed by atoms with E-state index in [0.29, 0.717) is 30.2 Å². The van der Waals surface area contributed by atoms with Gasteiger partial charge in [-0.1, -0.05) is 12.1 Å². The van der Waals surface area contributed by atoms with E-state index < -0.39 is 6.67 Å². The van der Waals surface area contributed by atoms with Crippen molar-refractivity contribution in [2.24, 2.45) is 0 Å². The van der Waals surface area contributed by atoms with E-state index in [-0.39, 0.29) is 12.6 Å². The van der Waals surface area contributed by atoms with Gasteiger partial charge in [0.05, 0.1) is 16.9 Å². The van der Waals surface area contributed by atoms with Crippen molar-refractivity contribution >= 4 is 28.3 Å². The molecule has 148 valence electrons. The first kappa shape index (κ1) is 19.5. The number of ether oxygens (including phenoxy) is 1. The highest BCUT2D eigenvalue weighted by Crippen LogP contribution is 2.38. The molecule has 0 saturated carbocycles. The summed E-state index contributed by atoms with van der Waals surface area (Å²) < 4.78 is 19.9. The van der Waals surface area contributed by atoms with E-state index in [1.807, 2.05) is 50.2 Å². The van der Waals surface area contributed by atoms with Gasteiger partial charge in [0.25, 0.3) is 0 Å². The molecule has 6 nitrogen and oxygen atoms in total. The summed E-state index contributed by atoms with van der Waals surface area (Å²) in [5, 5.41) is 6.40. The molecule has 1 aromatic heterocycles. The topological polar surface area (TPSA) is 81.3 Å². The monoisotopic (exact) mass is 384 g/mol. The van der Waals surface area contributed by atoms with E-state index in [0.717, 1.165) is 22.2 Å². The molecule has 28 heavy (non-hydrogen) atoms. The second-order valence-corrected chi connectivity index (χ2v) is 6.28. The summed E-state index contributed by atoms with van der Waals surface area (Å²) >= 11 is 0. The van der Waals surface area contributed by atoms with Gasteiger partial charge in [-0.2, -0.15) is 0 Å². The van der Waals surface area contributed by atoms with E-state index >= 15 is 0 Å². The van der Waals surface area contributed by atoms with Crippen molar-refractivity contribution in [1.29, 1.82) is 0 Å². The minimum Gasteiger partial charge on any atom is -0.491 e. The third-order valence-corrected chi connectivity index (χ3v) is 4.49. The fraction of sp³-hybridized carbons (Fsp3) is 0.286. The number of hydrogen-bond donors (Lipinski definition) is 3.